The SMILES string of the molecule is O=C(c1cc2c(s1)CCCC2)N(Cc1cccnc1)C1CC1. The Hall–Kier alpha value is -1.68. The van der Waals surface area contributed by atoms with Crippen LogP contribution in [0.25, 0.3) is 0 Å². The molecule has 2 aliphatic carbocycles. The average Bonchev–Trinajstić information content (AvgIpc) is 3.30. The van der Waals surface area contributed by atoms with Crippen molar-refractivity contribution in [3.63, 3.8) is 0 Å². The fourth-order valence-electron chi connectivity index (χ4n) is 3.18. The number of carbonyl (C=O) groups excluding carboxylic acids is 1. The minimum atomic E-state index is 0.214. The van der Waals surface area contributed by atoms with Crippen LogP contribution in [0.3, 0.4) is 0 Å². The van der Waals surface area contributed by atoms with E-state index in [0.717, 1.165) is 36.1 Å². The van der Waals surface area contributed by atoms with Gasteiger partial charge in [0.1, 0.15) is 0 Å². The van der Waals surface area contributed by atoms with Crippen LogP contribution < -0.4 is 0 Å². The van der Waals surface area contributed by atoms with Crippen molar-refractivity contribution in [1.82, 2.24) is 9.88 Å². The van der Waals surface area contributed by atoms with Crippen molar-refractivity contribution >= 4 is 17.2 Å². The number of pyridine rings is 1. The van der Waals surface area contributed by atoms with Gasteiger partial charge in [-0.15, -0.1) is 11.3 Å². The van der Waals surface area contributed by atoms with Gasteiger partial charge in [0.25, 0.3) is 5.91 Å². The molecule has 2 aliphatic rings. The third-order valence-electron chi connectivity index (χ3n) is 4.53. The number of carbonyl (C=O) groups is 1. The number of hydrogen-bond donors (Lipinski definition) is 0. The van der Waals surface area contributed by atoms with Crippen molar-refractivity contribution in [3.8, 4) is 0 Å². The molecule has 2 aromatic heterocycles. The highest BCUT2D eigenvalue weighted by atomic mass is 32.1. The van der Waals surface area contributed by atoms with E-state index in [1.54, 1.807) is 17.5 Å². The molecule has 0 aromatic carbocycles. The van der Waals surface area contributed by atoms with E-state index in [1.165, 1.54) is 23.3 Å². The van der Waals surface area contributed by atoms with Crippen molar-refractivity contribution in [2.45, 2.75) is 51.1 Å². The monoisotopic (exact) mass is 312 g/mol. The average molecular weight is 312 g/mol. The lowest BCUT2D eigenvalue weighted by molar-refractivity contribution is 0.0734. The molecule has 1 amide bonds. The Morgan fingerprint density at radius 3 is 2.91 bits per heavy atom. The Morgan fingerprint density at radius 2 is 2.18 bits per heavy atom. The van der Waals surface area contributed by atoms with Crippen LogP contribution in [0.2, 0.25) is 0 Å². The van der Waals surface area contributed by atoms with Gasteiger partial charge in [-0.2, -0.15) is 0 Å². The molecule has 0 unspecified atom stereocenters. The lowest BCUT2D eigenvalue weighted by Crippen LogP contribution is -2.32. The first-order chi connectivity index (χ1) is 10.8. The van der Waals surface area contributed by atoms with Gasteiger partial charge in [0, 0.05) is 29.9 Å². The van der Waals surface area contributed by atoms with E-state index in [-0.39, 0.29) is 5.91 Å². The summed E-state index contributed by atoms with van der Waals surface area (Å²) in [5, 5.41) is 0. The van der Waals surface area contributed by atoms with Crippen molar-refractivity contribution in [1.29, 1.82) is 0 Å². The molecule has 114 valence electrons. The molecule has 0 bridgehead atoms. The zero-order valence-electron chi connectivity index (χ0n) is 12.6. The summed E-state index contributed by atoms with van der Waals surface area (Å²) >= 11 is 1.72. The Kier molecular flexibility index (Phi) is 3.70. The molecular weight excluding hydrogens is 292 g/mol. The van der Waals surface area contributed by atoms with Crippen LogP contribution in [0.1, 0.15) is 51.4 Å². The molecule has 1 fully saturated rings. The Labute approximate surface area is 135 Å². The van der Waals surface area contributed by atoms with Crippen LogP contribution in [0.15, 0.2) is 30.6 Å². The number of fused-ring (bicyclic) bond motifs is 1. The highest BCUT2D eigenvalue weighted by Crippen LogP contribution is 2.34. The topological polar surface area (TPSA) is 33.2 Å². The first-order valence-electron chi connectivity index (χ1n) is 8.13. The summed E-state index contributed by atoms with van der Waals surface area (Å²) in [5.74, 6) is 0.214. The van der Waals surface area contributed by atoms with Gasteiger partial charge in [-0.25, -0.2) is 0 Å². The van der Waals surface area contributed by atoms with Crippen LogP contribution in [-0.4, -0.2) is 21.8 Å². The summed E-state index contributed by atoms with van der Waals surface area (Å²) in [6.07, 6.45) is 10.7. The molecular formula is C18H20N2OS. The predicted octanol–water partition coefficient (Wildman–Crippen LogP) is 3.83. The molecule has 22 heavy (non-hydrogen) atoms. The summed E-state index contributed by atoms with van der Waals surface area (Å²) in [7, 11) is 0. The molecule has 0 spiro atoms. The van der Waals surface area contributed by atoms with Crippen LogP contribution in [0, 0.1) is 0 Å². The molecule has 4 heteroatoms. The van der Waals surface area contributed by atoms with Crippen molar-refractivity contribution < 1.29 is 4.79 Å². The third-order valence-corrected chi connectivity index (χ3v) is 5.76. The number of aromatic nitrogens is 1. The number of thiophene rings is 1. The summed E-state index contributed by atoms with van der Waals surface area (Å²) in [4.78, 5) is 21.6. The van der Waals surface area contributed by atoms with E-state index < -0.39 is 0 Å². The van der Waals surface area contributed by atoms with Gasteiger partial charge >= 0.3 is 0 Å². The van der Waals surface area contributed by atoms with Crippen LogP contribution >= 0.6 is 11.3 Å². The maximum atomic E-state index is 13.0. The largest absolute Gasteiger partial charge is 0.331 e. The van der Waals surface area contributed by atoms with E-state index in [1.807, 2.05) is 17.2 Å². The van der Waals surface area contributed by atoms with Crippen molar-refractivity contribution in [3.05, 3.63) is 51.5 Å². The predicted molar refractivity (Wildman–Crippen MR) is 88.1 cm³/mol. The van der Waals surface area contributed by atoms with Gasteiger partial charge in [0.05, 0.1) is 4.88 Å². The first kappa shape index (κ1) is 13.9. The maximum absolute atomic E-state index is 13.0. The number of hydrogen-bond acceptors (Lipinski definition) is 3. The smallest absolute Gasteiger partial charge is 0.264 e. The van der Waals surface area contributed by atoms with E-state index in [4.69, 9.17) is 0 Å². The van der Waals surface area contributed by atoms with Crippen molar-refractivity contribution in [2.75, 3.05) is 0 Å². The summed E-state index contributed by atoms with van der Waals surface area (Å²) in [5.41, 5.74) is 2.53. The minimum Gasteiger partial charge on any atom is -0.331 e. The van der Waals surface area contributed by atoms with E-state index in [9.17, 15) is 4.79 Å². The van der Waals surface area contributed by atoms with Crippen molar-refractivity contribution in [2.24, 2.45) is 0 Å². The molecule has 0 aliphatic heterocycles. The number of aryl methyl sites for hydroxylation is 2. The van der Waals surface area contributed by atoms with Gasteiger partial charge < -0.3 is 4.90 Å². The molecule has 2 heterocycles. The molecule has 1 saturated carbocycles. The first-order valence-corrected chi connectivity index (χ1v) is 8.94. The van der Waals surface area contributed by atoms with E-state index in [2.05, 4.69) is 17.1 Å². The highest BCUT2D eigenvalue weighted by molar-refractivity contribution is 7.14. The fourth-order valence-corrected chi connectivity index (χ4v) is 4.39. The molecule has 4 rings (SSSR count). The second kappa shape index (κ2) is 5.84. The van der Waals surface area contributed by atoms with Gasteiger partial charge in [-0.3, -0.25) is 9.78 Å². The maximum Gasteiger partial charge on any atom is 0.264 e. The molecule has 0 radical (unpaired) electrons. The Morgan fingerprint density at radius 1 is 1.32 bits per heavy atom. The molecule has 0 atom stereocenters. The number of amides is 1. The third kappa shape index (κ3) is 2.80. The van der Waals surface area contributed by atoms with E-state index in [0.29, 0.717) is 12.6 Å². The lowest BCUT2D eigenvalue weighted by Gasteiger charge is -2.21. The lowest BCUT2D eigenvalue weighted by atomic mass is 9.99. The fraction of sp³-hybridized carbons (Fsp3) is 0.444. The zero-order valence-corrected chi connectivity index (χ0v) is 13.4. The second-order valence-corrected chi connectivity index (χ2v) is 7.43. The summed E-state index contributed by atoms with van der Waals surface area (Å²) in [6.45, 7) is 0.680. The molecule has 0 N–H and O–H groups in total. The van der Waals surface area contributed by atoms with Gasteiger partial charge in [-0.05, 0) is 61.8 Å². The molecule has 0 saturated heterocycles. The van der Waals surface area contributed by atoms with Gasteiger partial charge in [0.15, 0.2) is 0 Å². The summed E-state index contributed by atoms with van der Waals surface area (Å²) < 4.78 is 0. The van der Waals surface area contributed by atoms with Crippen LogP contribution in [0.5, 0.6) is 0 Å². The standard InChI is InChI=1S/C18H20N2OS/c21-18(17-10-14-5-1-2-6-16(14)22-17)20(15-7-8-15)12-13-4-3-9-19-11-13/h3-4,9-11,15H,1-2,5-8,12H2. The van der Waals surface area contributed by atoms with Gasteiger partial charge in [-0.1, -0.05) is 6.07 Å². The summed E-state index contributed by atoms with van der Waals surface area (Å²) in [6, 6.07) is 6.57. The van der Waals surface area contributed by atoms with E-state index >= 15 is 0 Å². The Bertz CT molecular complexity index is 652. The van der Waals surface area contributed by atoms with Crippen LogP contribution in [-0.2, 0) is 19.4 Å². The second-order valence-electron chi connectivity index (χ2n) is 6.29. The number of nitrogens with zero attached hydrogens (tertiary/aromatic N) is 2. The highest BCUT2D eigenvalue weighted by Gasteiger charge is 2.34. The van der Waals surface area contributed by atoms with Gasteiger partial charge in [0.2, 0.25) is 0 Å². The van der Waals surface area contributed by atoms with Crippen LogP contribution in [0.4, 0.5) is 0 Å². The Balaban J connectivity index is 1.57. The zero-order chi connectivity index (χ0) is 14.9. The minimum absolute atomic E-state index is 0.214. The molecule has 2 aromatic rings. The quantitative estimate of drug-likeness (QED) is 0.859. The molecule has 3 nitrogen and oxygen atoms in total. The number of rotatable bonds is 4. The normalized spacial score (nSPS) is 17.1.